The molecule has 0 radical (unpaired) electrons. The molecule has 0 unspecified atom stereocenters. The van der Waals surface area contributed by atoms with Gasteiger partial charge in [-0.3, -0.25) is 4.98 Å². The van der Waals surface area contributed by atoms with Gasteiger partial charge in [0.2, 0.25) is 0 Å². The maximum Gasteiger partial charge on any atom is 0.121 e. The van der Waals surface area contributed by atoms with Crippen molar-refractivity contribution in [1.29, 1.82) is 0 Å². The summed E-state index contributed by atoms with van der Waals surface area (Å²) in [5.41, 5.74) is 2.93. The minimum Gasteiger partial charge on any atom is -0.508 e. The average Bonchev–Trinajstić information content (AvgIpc) is 2.49. The first-order chi connectivity index (χ1) is 10.2. The summed E-state index contributed by atoms with van der Waals surface area (Å²) in [6.45, 7) is -0.214. The van der Waals surface area contributed by atoms with Crippen LogP contribution in [0, 0.1) is 0 Å². The van der Waals surface area contributed by atoms with Gasteiger partial charge in [-0.15, -0.1) is 12.4 Å². The molecule has 0 aliphatic carbocycles. The van der Waals surface area contributed by atoms with Gasteiger partial charge in [-0.2, -0.15) is 0 Å². The molecule has 22 heavy (non-hydrogen) atoms. The number of hydrogen-bond donors (Lipinski definition) is 3. The summed E-state index contributed by atoms with van der Waals surface area (Å²) in [6, 6.07) is 12.4. The zero-order chi connectivity index (χ0) is 14.8. The van der Waals surface area contributed by atoms with Crippen LogP contribution in [0.3, 0.4) is 0 Å². The highest BCUT2D eigenvalue weighted by Crippen LogP contribution is 2.29. The Morgan fingerprint density at radius 2 is 1.91 bits per heavy atom. The third-order valence-electron chi connectivity index (χ3n) is 3.23. The SMILES string of the molecule is Cl.OCc1cc(Nc2ccnc3cc(Cl)ccc23)ccc1O. The van der Waals surface area contributed by atoms with Gasteiger partial charge in [0.1, 0.15) is 5.75 Å². The van der Waals surface area contributed by atoms with Crippen molar-refractivity contribution in [3.05, 3.63) is 59.2 Å². The first-order valence-electron chi connectivity index (χ1n) is 6.41. The van der Waals surface area contributed by atoms with Crippen molar-refractivity contribution in [3.8, 4) is 5.75 Å². The van der Waals surface area contributed by atoms with Crippen molar-refractivity contribution in [2.24, 2.45) is 0 Å². The van der Waals surface area contributed by atoms with Crippen LogP contribution >= 0.6 is 24.0 Å². The van der Waals surface area contributed by atoms with Gasteiger partial charge < -0.3 is 15.5 Å². The molecule has 4 nitrogen and oxygen atoms in total. The Labute approximate surface area is 138 Å². The fourth-order valence-electron chi connectivity index (χ4n) is 2.18. The molecule has 3 aromatic rings. The quantitative estimate of drug-likeness (QED) is 0.625. The standard InChI is InChI=1S/C16H13ClN2O2.ClH/c17-11-1-3-13-14(5-6-18-15(13)8-11)19-12-2-4-16(21)10(7-12)9-20;/h1-8,20-21H,9H2,(H,18,19);1H. The van der Waals surface area contributed by atoms with Gasteiger partial charge in [-0.1, -0.05) is 11.6 Å². The number of aromatic hydroxyl groups is 1. The van der Waals surface area contributed by atoms with Gasteiger partial charge in [-0.05, 0) is 42.5 Å². The van der Waals surface area contributed by atoms with E-state index in [1.807, 2.05) is 18.2 Å². The number of aliphatic hydroxyl groups is 1. The minimum absolute atomic E-state index is 0. The Morgan fingerprint density at radius 1 is 1.09 bits per heavy atom. The summed E-state index contributed by atoms with van der Waals surface area (Å²) in [4.78, 5) is 4.29. The second-order valence-electron chi connectivity index (χ2n) is 4.65. The number of benzene rings is 2. The van der Waals surface area contributed by atoms with E-state index >= 15 is 0 Å². The van der Waals surface area contributed by atoms with Crippen LogP contribution in [-0.4, -0.2) is 15.2 Å². The second-order valence-corrected chi connectivity index (χ2v) is 5.08. The largest absolute Gasteiger partial charge is 0.508 e. The van der Waals surface area contributed by atoms with E-state index in [-0.39, 0.29) is 24.8 Å². The lowest BCUT2D eigenvalue weighted by Crippen LogP contribution is -1.94. The molecule has 1 heterocycles. The zero-order valence-electron chi connectivity index (χ0n) is 11.5. The number of aliphatic hydroxyl groups excluding tert-OH is 1. The molecule has 3 rings (SSSR count). The molecule has 2 aromatic carbocycles. The number of anilines is 2. The van der Waals surface area contributed by atoms with Crippen molar-refractivity contribution in [2.75, 3.05) is 5.32 Å². The van der Waals surface area contributed by atoms with Crippen molar-refractivity contribution >= 4 is 46.3 Å². The van der Waals surface area contributed by atoms with Gasteiger partial charge in [-0.25, -0.2) is 0 Å². The van der Waals surface area contributed by atoms with Gasteiger partial charge in [0.05, 0.1) is 12.1 Å². The van der Waals surface area contributed by atoms with E-state index in [4.69, 9.17) is 11.6 Å². The number of halogens is 2. The molecule has 1 aromatic heterocycles. The van der Waals surface area contributed by atoms with Crippen LogP contribution in [0.4, 0.5) is 11.4 Å². The number of rotatable bonds is 3. The minimum atomic E-state index is -0.214. The van der Waals surface area contributed by atoms with Crippen molar-refractivity contribution < 1.29 is 10.2 Å². The fraction of sp³-hybridized carbons (Fsp3) is 0.0625. The molecule has 0 amide bonds. The van der Waals surface area contributed by atoms with Crippen molar-refractivity contribution in [1.82, 2.24) is 4.98 Å². The van der Waals surface area contributed by atoms with Crippen LogP contribution in [0.15, 0.2) is 48.7 Å². The number of aromatic nitrogens is 1. The summed E-state index contributed by atoms with van der Waals surface area (Å²) in [7, 11) is 0. The van der Waals surface area contributed by atoms with E-state index < -0.39 is 0 Å². The van der Waals surface area contributed by atoms with Gasteiger partial charge in [0.15, 0.2) is 0 Å². The fourth-order valence-corrected chi connectivity index (χ4v) is 2.34. The summed E-state index contributed by atoms with van der Waals surface area (Å²) >= 11 is 5.97. The average molecular weight is 337 g/mol. The third kappa shape index (κ3) is 3.25. The smallest absolute Gasteiger partial charge is 0.121 e. The number of hydrogen-bond acceptors (Lipinski definition) is 4. The maximum absolute atomic E-state index is 9.59. The van der Waals surface area contributed by atoms with Gasteiger partial charge in [0, 0.05) is 33.5 Å². The molecule has 114 valence electrons. The van der Waals surface area contributed by atoms with E-state index in [0.29, 0.717) is 10.6 Å². The lowest BCUT2D eigenvalue weighted by Gasteiger charge is -2.11. The molecule has 6 heteroatoms. The van der Waals surface area contributed by atoms with Crippen LogP contribution in [0.1, 0.15) is 5.56 Å². The van der Waals surface area contributed by atoms with E-state index in [1.54, 1.807) is 30.5 Å². The van der Waals surface area contributed by atoms with Crippen LogP contribution in [0.5, 0.6) is 5.75 Å². The molecule has 0 atom stereocenters. The maximum atomic E-state index is 9.59. The molecule has 0 spiro atoms. The van der Waals surface area contributed by atoms with Crippen LogP contribution in [-0.2, 0) is 6.61 Å². The van der Waals surface area contributed by atoms with E-state index in [1.165, 1.54) is 0 Å². The van der Waals surface area contributed by atoms with Crippen LogP contribution in [0.25, 0.3) is 10.9 Å². The van der Waals surface area contributed by atoms with Gasteiger partial charge >= 0.3 is 0 Å². The molecule has 0 saturated heterocycles. The van der Waals surface area contributed by atoms with Crippen molar-refractivity contribution in [2.45, 2.75) is 6.61 Å². The Hall–Kier alpha value is -2.01. The van der Waals surface area contributed by atoms with E-state index in [9.17, 15) is 10.2 Å². The lowest BCUT2D eigenvalue weighted by molar-refractivity contribution is 0.275. The lowest BCUT2D eigenvalue weighted by atomic mass is 10.1. The zero-order valence-corrected chi connectivity index (χ0v) is 13.0. The van der Waals surface area contributed by atoms with E-state index in [2.05, 4.69) is 10.3 Å². The molecule has 3 N–H and O–H groups in total. The summed E-state index contributed by atoms with van der Waals surface area (Å²) in [5.74, 6) is 0.0782. The first-order valence-corrected chi connectivity index (χ1v) is 6.79. The molecule has 0 aliphatic heterocycles. The van der Waals surface area contributed by atoms with Crippen molar-refractivity contribution in [3.63, 3.8) is 0 Å². The Kier molecular flexibility index (Phi) is 5.08. The Bertz CT molecular complexity index is 809. The summed E-state index contributed by atoms with van der Waals surface area (Å²) in [5, 5.41) is 23.6. The number of nitrogens with zero attached hydrogens (tertiary/aromatic N) is 1. The number of nitrogens with one attached hydrogen (secondary N) is 1. The predicted octanol–water partition coefficient (Wildman–Crippen LogP) is 4.25. The molecule has 0 aliphatic rings. The normalized spacial score (nSPS) is 10.3. The van der Waals surface area contributed by atoms with Gasteiger partial charge in [0.25, 0.3) is 0 Å². The second kappa shape index (κ2) is 6.83. The number of phenols is 1. The number of fused-ring (bicyclic) bond motifs is 1. The molecule has 0 saturated carbocycles. The molecule has 0 fully saturated rings. The summed E-state index contributed by atoms with van der Waals surface area (Å²) in [6.07, 6.45) is 1.70. The third-order valence-corrected chi connectivity index (χ3v) is 3.47. The highest BCUT2D eigenvalue weighted by atomic mass is 35.5. The first kappa shape index (κ1) is 16.4. The highest BCUT2D eigenvalue weighted by Gasteiger charge is 2.05. The monoisotopic (exact) mass is 336 g/mol. The summed E-state index contributed by atoms with van der Waals surface area (Å²) < 4.78 is 0. The topological polar surface area (TPSA) is 65.4 Å². The molecular formula is C16H14Cl2N2O2. The predicted molar refractivity (Wildman–Crippen MR) is 91.3 cm³/mol. The number of pyridine rings is 1. The molecular weight excluding hydrogens is 323 g/mol. The van der Waals surface area contributed by atoms with Crippen LogP contribution in [0.2, 0.25) is 5.02 Å². The van der Waals surface area contributed by atoms with E-state index in [0.717, 1.165) is 22.3 Å². The Balaban J connectivity index is 0.00000176. The van der Waals surface area contributed by atoms with Crippen LogP contribution < -0.4 is 5.32 Å². The Morgan fingerprint density at radius 3 is 2.68 bits per heavy atom. The molecule has 0 bridgehead atoms. The highest BCUT2D eigenvalue weighted by molar-refractivity contribution is 6.31.